The summed E-state index contributed by atoms with van der Waals surface area (Å²) in [6, 6.07) is 7.95. The summed E-state index contributed by atoms with van der Waals surface area (Å²) >= 11 is 6.41. The monoisotopic (exact) mass is 317 g/mol. The molecule has 7 heteroatoms. The van der Waals surface area contributed by atoms with E-state index in [1.54, 1.807) is 0 Å². The van der Waals surface area contributed by atoms with Crippen LogP contribution in [0.3, 0.4) is 0 Å². The van der Waals surface area contributed by atoms with E-state index in [1.165, 1.54) is 11.5 Å². The van der Waals surface area contributed by atoms with E-state index in [9.17, 15) is 0 Å². The van der Waals surface area contributed by atoms with E-state index >= 15 is 0 Å². The molecule has 1 aromatic carbocycles. The second kappa shape index (κ2) is 5.87. The van der Waals surface area contributed by atoms with Crippen LogP contribution in [0.15, 0.2) is 24.3 Å². The van der Waals surface area contributed by atoms with E-state index in [0.717, 1.165) is 40.7 Å². The van der Waals surface area contributed by atoms with Gasteiger partial charge in [-0.1, -0.05) is 31.3 Å². The SMILES string of the molecule is CCCc1nsc(-n2c(CC(N)=S)nc3ccccc32)n1. The number of nitrogens with two attached hydrogens (primary N) is 1. The van der Waals surface area contributed by atoms with Crippen LogP contribution in [0.25, 0.3) is 16.2 Å². The van der Waals surface area contributed by atoms with E-state index < -0.39 is 0 Å². The highest BCUT2D eigenvalue weighted by atomic mass is 32.1. The predicted octanol–water partition coefficient (Wildman–Crippen LogP) is 2.66. The lowest BCUT2D eigenvalue weighted by Gasteiger charge is -2.03. The first-order valence-electron chi connectivity index (χ1n) is 6.76. The molecule has 3 aromatic rings. The van der Waals surface area contributed by atoms with Gasteiger partial charge >= 0.3 is 0 Å². The van der Waals surface area contributed by atoms with Crippen molar-refractivity contribution in [2.24, 2.45) is 5.73 Å². The topological polar surface area (TPSA) is 69.6 Å². The van der Waals surface area contributed by atoms with Gasteiger partial charge in [0.1, 0.15) is 11.6 Å². The minimum absolute atomic E-state index is 0.421. The van der Waals surface area contributed by atoms with Crippen molar-refractivity contribution in [1.82, 2.24) is 18.9 Å². The molecule has 0 amide bonds. The number of aryl methyl sites for hydroxylation is 1. The van der Waals surface area contributed by atoms with Gasteiger partial charge in [-0.05, 0) is 18.6 Å². The van der Waals surface area contributed by atoms with Crippen LogP contribution >= 0.6 is 23.8 Å². The number of benzene rings is 1. The molecular formula is C14H15N5S2. The highest BCUT2D eigenvalue weighted by molar-refractivity contribution is 7.80. The summed E-state index contributed by atoms with van der Waals surface area (Å²) in [6.07, 6.45) is 2.36. The van der Waals surface area contributed by atoms with E-state index in [0.29, 0.717) is 11.4 Å². The van der Waals surface area contributed by atoms with Crippen molar-refractivity contribution in [3.05, 3.63) is 35.9 Å². The molecule has 21 heavy (non-hydrogen) atoms. The Bertz CT molecular complexity index is 790. The Morgan fingerprint density at radius 1 is 1.33 bits per heavy atom. The van der Waals surface area contributed by atoms with E-state index in [2.05, 4.69) is 21.3 Å². The van der Waals surface area contributed by atoms with Gasteiger partial charge in [-0.25, -0.2) is 9.97 Å². The van der Waals surface area contributed by atoms with Crippen LogP contribution in [0.5, 0.6) is 0 Å². The van der Waals surface area contributed by atoms with Crippen molar-refractivity contribution >= 4 is 39.8 Å². The maximum Gasteiger partial charge on any atom is 0.215 e. The first kappa shape index (κ1) is 14.1. The summed E-state index contributed by atoms with van der Waals surface area (Å²) in [4.78, 5) is 9.65. The molecule has 108 valence electrons. The van der Waals surface area contributed by atoms with Crippen LogP contribution in [0.1, 0.15) is 25.0 Å². The third-order valence-electron chi connectivity index (χ3n) is 3.08. The molecule has 0 spiro atoms. The van der Waals surface area contributed by atoms with Crippen molar-refractivity contribution in [2.45, 2.75) is 26.2 Å². The zero-order chi connectivity index (χ0) is 14.8. The van der Waals surface area contributed by atoms with Crippen molar-refractivity contribution in [3.63, 3.8) is 0 Å². The Labute approximate surface area is 132 Å². The summed E-state index contributed by atoms with van der Waals surface area (Å²) in [7, 11) is 0. The molecule has 0 radical (unpaired) electrons. The fourth-order valence-corrected chi connectivity index (χ4v) is 3.10. The van der Waals surface area contributed by atoms with E-state index in [-0.39, 0.29) is 0 Å². The molecule has 0 aliphatic heterocycles. The number of hydrogen-bond acceptors (Lipinski definition) is 5. The van der Waals surface area contributed by atoms with Gasteiger partial charge < -0.3 is 5.73 Å². The van der Waals surface area contributed by atoms with Crippen LogP contribution in [0.2, 0.25) is 0 Å². The number of rotatable bonds is 5. The maximum atomic E-state index is 5.69. The lowest BCUT2D eigenvalue weighted by molar-refractivity contribution is 0.849. The minimum atomic E-state index is 0.421. The van der Waals surface area contributed by atoms with E-state index in [4.69, 9.17) is 18.0 Å². The predicted molar refractivity (Wildman–Crippen MR) is 89.0 cm³/mol. The number of hydrogen-bond donors (Lipinski definition) is 1. The van der Waals surface area contributed by atoms with Crippen LogP contribution in [0, 0.1) is 0 Å². The summed E-state index contributed by atoms with van der Waals surface area (Å²) in [5, 5.41) is 0.818. The molecule has 0 saturated carbocycles. The van der Waals surface area contributed by atoms with Gasteiger partial charge in [-0.15, -0.1) is 0 Å². The number of para-hydroxylation sites is 2. The molecule has 0 aliphatic rings. The molecule has 2 aromatic heterocycles. The first-order valence-corrected chi connectivity index (χ1v) is 7.95. The third-order valence-corrected chi connectivity index (χ3v) is 3.97. The fourth-order valence-electron chi connectivity index (χ4n) is 2.22. The van der Waals surface area contributed by atoms with Gasteiger partial charge in [0.25, 0.3) is 0 Å². The third kappa shape index (κ3) is 2.79. The zero-order valence-electron chi connectivity index (χ0n) is 11.6. The second-order valence-corrected chi connectivity index (χ2v) is 5.99. The number of thiocarbonyl (C=S) groups is 1. The molecule has 0 unspecified atom stereocenters. The average Bonchev–Trinajstić information content (AvgIpc) is 3.02. The van der Waals surface area contributed by atoms with E-state index in [1.807, 2.05) is 28.8 Å². The molecule has 2 heterocycles. The molecule has 0 fully saturated rings. The molecule has 0 aliphatic carbocycles. The van der Waals surface area contributed by atoms with Gasteiger partial charge in [0.15, 0.2) is 0 Å². The Hall–Kier alpha value is -1.86. The van der Waals surface area contributed by atoms with Crippen LogP contribution < -0.4 is 5.73 Å². The number of nitrogens with zero attached hydrogens (tertiary/aromatic N) is 4. The number of aromatic nitrogens is 4. The first-order chi connectivity index (χ1) is 10.2. The summed E-state index contributed by atoms with van der Waals surface area (Å²) in [5.41, 5.74) is 7.61. The molecule has 0 saturated heterocycles. The normalized spacial score (nSPS) is 11.1. The van der Waals surface area contributed by atoms with Crippen molar-refractivity contribution in [3.8, 4) is 5.13 Å². The molecule has 2 N–H and O–H groups in total. The lowest BCUT2D eigenvalue weighted by atomic mass is 10.3. The Kier molecular flexibility index (Phi) is 3.94. The second-order valence-electron chi connectivity index (χ2n) is 4.74. The highest BCUT2D eigenvalue weighted by Gasteiger charge is 2.16. The molecule has 0 bridgehead atoms. The molecule has 0 atom stereocenters. The van der Waals surface area contributed by atoms with Gasteiger partial charge in [0.05, 0.1) is 22.4 Å². The largest absolute Gasteiger partial charge is 0.393 e. The van der Waals surface area contributed by atoms with Crippen molar-refractivity contribution < 1.29 is 0 Å². The summed E-state index contributed by atoms with van der Waals surface area (Å²) in [5.74, 6) is 1.68. The zero-order valence-corrected chi connectivity index (χ0v) is 13.2. The van der Waals surface area contributed by atoms with Crippen molar-refractivity contribution in [2.75, 3.05) is 0 Å². The van der Waals surface area contributed by atoms with Gasteiger partial charge in [-0.3, -0.25) is 4.57 Å². The average molecular weight is 317 g/mol. The lowest BCUT2D eigenvalue weighted by Crippen LogP contribution is -2.14. The van der Waals surface area contributed by atoms with Crippen LogP contribution in [0.4, 0.5) is 0 Å². The van der Waals surface area contributed by atoms with Crippen LogP contribution in [-0.2, 0) is 12.8 Å². The van der Waals surface area contributed by atoms with Gasteiger partial charge in [-0.2, -0.15) is 4.37 Å². The fraction of sp³-hybridized carbons (Fsp3) is 0.286. The Morgan fingerprint density at radius 2 is 2.14 bits per heavy atom. The molecule has 3 rings (SSSR count). The Balaban J connectivity index is 2.15. The number of fused-ring (bicyclic) bond motifs is 1. The van der Waals surface area contributed by atoms with Gasteiger partial charge in [0.2, 0.25) is 5.13 Å². The molecular weight excluding hydrogens is 302 g/mol. The summed E-state index contributed by atoms with van der Waals surface area (Å²) in [6.45, 7) is 2.12. The van der Waals surface area contributed by atoms with Crippen LogP contribution in [-0.4, -0.2) is 23.9 Å². The maximum absolute atomic E-state index is 5.69. The smallest absolute Gasteiger partial charge is 0.215 e. The minimum Gasteiger partial charge on any atom is -0.393 e. The number of imidazole rings is 1. The van der Waals surface area contributed by atoms with Crippen molar-refractivity contribution in [1.29, 1.82) is 0 Å². The summed E-state index contributed by atoms with van der Waals surface area (Å²) < 4.78 is 6.41. The quantitative estimate of drug-likeness (QED) is 0.733. The highest BCUT2D eigenvalue weighted by Crippen LogP contribution is 2.23. The molecule has 5 nitrogen and oxygen atoms in total. The Morgan fingerprint density at radius 3 is 2.90 bits per heavy atom. The standard InChI is InChI=1S/C14H15N5S2/c1-2-5-12-17-14(21-18-12)19-10-7-4-3-6-9(10)16-13(19)8-11(15)20/h3-4,6-7H,2,5,8H2,1H3,(H2,15,20). The van der Waals surface area contributed by atoms with Gasteiger partial charge in [0, 0.05) is 18.0 Å².